The smallest absolute Gasteiger partial charge is 0.338 e. The van der Waals surface area contributed by atoms with Gasteiger partial charge in [-0.15, -0.1) is 11.3 Å². The van der Waals surface area contributed by atoms with Gasteiger partial charge in [0.05, 0.1) is 11.6 Å². The SMILES string of the molecule is CC1=C(C(=O)OC(C)(C)C)[C@@H](c2cccs2)NC(=S)N1. The number of hydrogen-bond donors (Lipinski definition) is 2. The average molecular weight is 310 g/mol. The van der Waals surface area contributed by atoms with Gasteiger partial charge in [-0.05, 0) is 51.4 Å². The van der Waals surface area contributed by atoms with Gasteiger partial charge in [0, 0.05) is 10.6 Å². The maximum absolute atomic E-state index is 12.4. The fourth-order valence-electron chi connectivity index (χ4n) is 1.97. The molecule has 0 bridgehead atoms. The zero-order chi connectivity index (χ0) is 14.9. The lowest BCUT2D eigenvalue weighted by atomic mass is 10.0. The summed E-state index contributed by atoms with van der Waals surface area (Å²) in [5.41, 5.74) is 0.792. The number of hydrogen-bond acceptors (Lipinski definition) is 4. The quantitative estimate of drug-likeness (QED) is 0.650. The van der Waals surface area contributed by atoms with E-state index in [1.54, 1.807) is 11.3 Å². The van der Waals surface area contributed by atoms with Crippen LogP contribution in [0.5, 0.6) is 0 Å². The van der Waals surface area contributed by atoms with Crippen molar-refractivity contribution in [2.75, 3.05) is 0 Å². The third kappa shape index (κ3) is 3.37. The molecule has 0 fully saturated rings. The number of esters is 1. The van der Waals surface area contributed by atoms with E-state index in [1.807, 2.05) is 45.2 Å². The van der Waals surface area contributed by atoms with E-state index < -0.39 is 5.60 Å². The molecule has 4 nitrogen and oxygen atoms in total. The van der Waals surface area contributed by atoms with E-state index in [4.69, 9.17) is 17.0 Å². The second kappa shape index (κ2) is 5.54. The summed E-state index contributed by atoms with van der Waals surface area (Å²) >= 11 is 6.76. The van der Waals surface area contributed by atoms with Crippen molar-refractivity contribution in [3.05, 3.63) is 33.7 Å². The third-order valence-electron chi connectivity index (χ3n) is 2.72. The highest BCUT2D eigenvalue weighted by Gasteiger charge is 2.33. The number of ether oxygens (including phenoxy) is 1. The molecule has 108 valence electrons. The maximum atomic E-state index is 12.4. The largest absolute Gasteiger partial charge is 0.456 e. The molecule has 0 unspecified atom stereocenters. The number of carbonyl (C=O) groups excluding carboxylic acids is 1. The Morgan fingerprint density at radius 3 is 2.70 bits per heavy atom. The standard InChI is InChI=1S/C14H18N2O2S2/c1-8-10(12(17)18-14(2,3)4)11(16-13(19)15-8)9-6-5-7-20-9/h5-7,11H,1-4H3,(H2,15,16,19)/t11-/m1/s1. The molecule has 6 heteroatoms. The minimum atomic E-state index is -0.525. The molecule has 2 rings (SSSR count). The Balaban J connectivity index is 2.37. The van der Waals surface area contributed by atoms with Crippen LogP contribution in [0.1, 0.15) is 38.6 Å². The highest BCUT2D eigenvalue weighted by molar-refractivity contribution is 7.80. The molecule has 0 saturated heterocycles. The Labute approximate surface area is 128 Å². The molecule has 0 saturated carbocycles. The van der Waals surface area contributed by atoms with Gasteiger partial charge in [0.1, 0.15) is 5.60 Å². The van der Waals surface area contributed by atoms with Crippen molar-refractivity contribution in [2.45, 2.75) is 39.3 Å². The van der Waals surface area contributed by atoms with Gasteiger partial charge in [-0.2, -0.15) is 0 Å². The van der Waals surface area contributed by atoms with Crippen molar-refractivity contribution in [1.82, 2.24) is 10.6 Å². The summed E-state index contributed by atoms with van der Waals surface area (Å²) in [5, 5.41) is 8.63. The zero-order valence-electron chi connectivity index (χ0n) is 11.9. The summed E-state index contributed by atoms with van der Waals surface area (Å²) < 4.78 is 5.50. The van der Waals surface area contributed by atoms with Gasteiger partial charge >= 0.3 is 5.97 Å². The first-order valence-electron chi connectivity index (χ1n) is 6.33. The third-order valence-corrected chi connectivity index (χ3v) is 3.87. The van der Waals surface area contributed by atoms with Crippen LogP contribution in [0, 0.1) is 0 Å². The summed E-state index contributed by atoms with van der Waals surface area (Å²) in [4.78, 5) is 13.5. The van der Waals surface area contributed by atoms with Crippen LogP contribution >= 0.6 is 23.6 Å². The van der Waals surface area contributed by atoms with Gasteiger partial charge in [0.25, 0.3) is 0 Å². The number of nitrogens with one attached hydrogen (secondary N) is 2. The molecule has 20 heavy (non-hydrogen) atoms. The molecule has 0 amide bonds. The predicted molar refractivity (Wildman–Crippen MR) is 84.5 cm³/mol. The van der Waals surface area contributed by atoms with Crippen LogP contribution in [-0.2, 0) is 9.53 Å². The van der Waals surface area contributed by atoms with Crippen LogP contribution in [-0.4, -0.2) is 16.7 Å². The number of thiocarbonyl (C=S) groups is 1. The molecule has 1 aliphatic heterocycles. The molecule has 2 N–H and O–H groups in total. The monoisotopic (exact) mass is 310 g/mol. The van der Waals surface area contributed by atoms with Crippen molar-refractivity contribution >= 4 is 34.6 Å². The van der Waals surface area contributed by atoms with E-state index in [0.717, 1.165) is 10.6 Å². The van der Waals surface area contributed by atoms with Gasteiger partial charge in [-0.25, -0.2) is 4.79 Å². The first-order chi connectivity index (χ1) is 9.28. The van der Waals surface area contributed by atoms with Crippen molar-refractivity contribution in [1.29, 1.82) is 0 Å². The second-order valence-electron chi connectivity index (χ2n) is 5.59. The second-order valence-corrected chi connectivity index (χ2v) is 6.97. The van der Waals surface area contributed by atoms with Gasteiger partial charge < -0.3 is 15.4 Å². The Morgan fingerprint density at radius 1 is 1.45 bits per heavy atom. The minimum Gasteiger partial charge on any atom is -0.456 e. The fourth-order valence-corrected chi connectivity index (χ4v) is 3.02. The Hall–Kier alpha value is -1.40. The Bertz CT molecular complexity index is 556. The molecule has 0 aliphatic carbocycles. The molecule has 1 aromatic heterocycles. The highest BCUT2D eigenvalue weighted by atomic mass is 32.1. The minimum absolute atomic E-state index is 0.251. The van der Waals surface area contributed by atoms with Crippen LogP contribution in [0.15, 0.2) is 28.8 Å². The van der Waals surface area contributed by atoms with Crippen LogP contribution in [0.2, 0.25) is 0 Å². The normalized spacial score (nSPS) is 19.4. The van der Waals surface area contributed by atoms with E-state index in [-0.39, 0.29) is 12.0 Å². The van der Waals surface area contributed by atoms with Gasteiger partial charge in [0.15, 0.2) is 5.11 Å². The van der Waals surface area contributed by atoms with Gasteiger partial charge in [-0.1, -0.05) is 6.07 Å². The van der Waals surface area contributed by atoms with Crippen LogP contribution in [0.25, 0.3) is 0 Å². The lowest BCUT2D eigenvalue weighted by Gasteiger charge is -2.30. The molecular weight excluding hydrogens is 292 g/mol. The predicted octanol–water partition coefficient (Wildman–Crippen LogP) is 2.88. The van der Waals surface area contributed by atoms with E-state index in [2.05, 4.69) is 10.6 Å². The number of thiophene rings is 1. The first kappa shape index (κ1) is 15.0. The number of allylic oxidation sites excluding steroid dienone is 1. The van der Waals surface area contributed by atoms with Crippen molar-refractivity contribution in [3.63, 3.8) is 0 Å². The van der Waals surface area contributed by atoms with E-state index >= 15 is 0 Å². The van der Waals surface area contributed by atoms with E-state index in [0.29, 0.717) is 10.7 Å². The van der Waals surface area contributed by atoms with E-state index in [1.165, 1.54) is 0 Å². The van der Waals surface area contributed by atoms with Crippen molar-refractivity contribution < 1.29 is 9.53 Å². The highest BCUT2D eigenvalue weighted by Crippen LogP contribution is 2.31. The molecule has 1 aromatic rings. The van der Waals surface area contributed by atoms with Gasteiger partial charge in [0.2, 0.25) is 0 Å². The summed E-state index contributed by atoms with van der Waals surface area (Å²) in [6.45, 7) is 7.41. The molecule has 0 radical (unpaired) electrons. The lowest BCUT2D eigenvalue weighted by Crippen LogP contribution is -2.45. The lowest BCUT2D eigenvalue weighted by molar-refractivity contribution is -0.150. The van der Waals surface area contributed by atoms with Crippen molar-refractivity contribution in [2.24, 2.45) is 0 Å². The van der Waals surface area contributed by atoms with Crippen LogP contribution in [0.3, 0.4) is 0 Å². The summed E-state index contributed by atoms with van der Waals surface area (Å²) in [5.74, 6) is -0.323. The molecule has 1 atom stereocenters. The van der Waals surface area contributed by atoms with Crippen LogP contribution in [0.4, 0.5) is 0 Å². The molecular formula is C14H18N2O2S2. The van der Waals surface area contributed by atoms with Crippen LogP contribution < -0.4 is 10.6 Å². The van der Waals surface area contributed by atoms with Gasteiger partial charge in [-0.3, -0.25) is 0 Å². The average Bonchev–Trinajstić information content (AvgIpc) is 2.77. The molecule has 1 aliphatic rings. The topological polar surface area (TPSA) is 50.4 Å². The zero-order valence-corrected chi connectivity index (χ0v) is 13.6. The molecule has 2 heterocycles. The number of rotatable bonds is 2. The first-order valence-corrected chi connectivity index (χ1v) is 7.62. The maximum Gasteiger partial charge on any atom is 0.338 e. The fraction of sp³-hybridized carbons (Fsp3) is 0.429. The Kier molecular flexibility index (Phi) is 4.15. The molecule has 0 spiro atoms. The van der Waals surface area contributed by atoms with Crippen molar-refractivity contribution in [3.8, 4) is 0 Å². The summed E-state index contributed by atoms with van der Waals surface area (Å²) in [6.07, 6.45) is 0. The summed E-state index contributed by atoms with van der Waals surface area (Å²) in [7, 11) is 0. The van der Waals surface area contributed by atoms with E-state index in [9.17, 15) is 4.79 Å². The molecule has 0 aromatic carbocycles. The summed E-state index contributed by atoms with van der Waals surface area (Å²) in [6, 6.07) is 3.68. The Morgan fingerprint density at radius 2 is 2.15 bits per heavy atom. The number of carbonyl (C=O) groups is 1.